The molecule has 524 valence electrons. The SMILES string of the molecule is C#CCN(CCCCCCN1C(=O)[C@@H]2[C@H](C1=O)[C@H]1C=C[C@@H]2C1)C(=O)CCC(=O)CCCO.O=C(CCCO)CCC(=O)N(CCCCCCN1C(=O)[C@@H]2[C@H](C1=O)[C@H]1C=C[C@@H]2C1)Cc1cn(CCOCCOCCOCCO)nn1.[N-]=[N+]=NCCOCCOCCOCCO. The van der Waals surface area contributed by atoms with E-state index in [1.807, 2.05) is 0 Å². The highest BCUT2D eigenvalue weighted by molar-refractivity contribution is 6.07. The number of rotatable bonds is 51. The molecule has 8 atom stereocenters. The summed E-state index contributed by atoms with van der Waals surface area (Å²) in [7, 11) is 0. The van der Waals surface area contributed by atoms with Gasteiger partial charge in [0.2, 0.25) is 35.4 Å². The molecule has 4 aliphatic carbocycles. The average Bonchev–Trinajstić information content (AvgIpc) is 1.59. The summed E-state index contributed by atoms with van der Waals surface area (Å²) in [5.74, 6) is 2.54. The first-order valence-electron chi connectivity index (χ1n) is 33.7. The number of azide groups is 1. The van der Waals surface area contributed by atoms with Crippen LogP contribution in [0.5, 0.6) is 0 Å². The molecule has 94 heavy (non-hydrogen) atoms. The smallest absolute Gasteiger partial charge is 0.233 e. The lowest BCUT2D eigenvalue weighted by atomic mass is 9.85. The standard InChI is InChI=1S/C33H51N5O9.C25H34N2O5.C8H17N3O4/c39-14-5-6-28(41)9-10-29(42)36(23-27-24-37(35-34-27)13-16-45-18-20-47-21-19-46-17-15-40)11-3-1-2-4-12-38-32(43)30-25-7-8-26(22-25)31(30)33(38)44;1-2-13-26(21(30)12-11-20(29)8-7-16-28)14-5-3-4-6-15-27-24(31)22-18-9-10-19(17-18)23(22)25(27)32;9-11-10-1-3-13-5-7-15-8-6-14-4-2-12/h7-8,24-26,30-31,39-40H,1-6,9-23H2;1,9-10,18-19,22-23,28H,3-8,11-17H2;12H,1-8H2/t25-,26+,30+,31-;18-,19+,22+,23-;. The van der Waals surface area contributed by atoms with E-state index in [9.17, 15) is 38.4 Å². The van der Waals surface area contributed by atoms with Crippen LogP contribution >= 0.6 is 0 Å². The fourth-order valence-electron chi connectivity index (χ4n) is 12.8. The minimum atomic E-state index is -0.160. The fraction of sp³-hybridized carbons (Fsp3) is 0.758. The Morgan fingerprint density at radius 2 is 0.926 bits per heavy atom. The van der Waals surface area contributed by atoms with Crippen LogP contribution in [0.15, 0.2) is 35.6 Å². The van der Waals surface area contributed by atoms with Crippen molar-refractivity contribution in [3.63, 3.8) is 0 Å². The van der Waals surface area contributed by atoms with Crippen molar-refractivity contribution in [2.24, 2.45) is 52.5 Å². The van der Waals surface area contributed by atoms with Gasteiger partial charge in [0.1, 0.15) is 17.3 Å². The molecule has 2 saturated heterocycles. The minimum absolute atomic E-state index is 0.00688. The van der Waals surface area contributed by atoms with Gasteiger partial charge in [-0.3, -0.25) is 48.2 Å². The number of hydrogen-bond donors (Lipinski definition) is 4. The summed E-state index contributed by atoms with van der Waals surface area (Å²) in [5.41, 5.74) is 8.59. The largest absolute Gasteiger partial charge is 0.396 e. The zero-order valence-electron chi connectivity index (χ0n) is 54.8. The number of fused-ring (bicyclic) bond motifs is 10. The number of carbonyl (C=O) groups is 8. The molecule has 28 nitrogen and oxygen atoms in total. The Morgan fingerprint density at radius 1 is 0.521 bits per heavy atom. The molecule has 4 fully saturated rings. The molecule has 0 aromatic carbocycles. The molecule has 2 saturated carbocycles. The van der Waals surface area contributed by atoms with E-state index in [-0.39, 0.29) is 166 Å². The number of likely N-dealkylation sites (tertiary alicyclic amines) is 2. The van der Waals surface area contributed by atoms with E-state index in [1.165, 1.54) is 9.80 Å². The van der Waals surface area contributed by atoms with Gasteiger partial charge < -0.3 is 58.6 Å². The van der Waals surface area contributed by atoms with Gasteiger partial charge in [-0.05, 0) is 80.6 Å². The quantitative estimate of drug-likeness (QED) is 0.0138. The molecule has 0 radical (unpaired) electrons. The van der Waals surface area contributed by atoms with E-state index in [0.717, 1.165) is 64.2 Å². The molecule has 0 spiro atoms. The third-order valence-corrected chi connectivity index (χ3v) is 17.5. The molecule has 1 aromatic heterocycles. The summed E-state index contributed by atoms with van der Waals surface area (Å²) < 4.78 is 33.0. The van der Waals surface area contributed by atoms with E-state index in [2.05, 4.69) is 50.6 Å². The number of aliphatic hydroxyl groups excluding tert-OH is 4. The topological polar surface area (TPSA) is 365 Å². The first-order chi connectivity index (χ1) is 45.8. The number of aliphatic hydroxyl groups is 4. The Labute approximate surface area is 552 Å². The van der Waals surface area contributed by atoms with Gasteiger partial charge in [0, 0.05) is 89.4 Å². The van der Waals surface area contributed by atoms with Gasteiger partial charge in [-0.15, -0.1) is 11.5 Å². The van der Waals surface area contributed by atoms with Crippen molar-refractivity contribution in [3.05, 3.63) is 46.6 Å². The molecule has 4 bridgehead atoms. The molecule has 4 N–H and O–H groups in total. The van der Waals surface area contributed by atoms with E-state index >= 15 is 0 Å². The molecular weight excluding hydrogens is 1220 g/mol. The van der Waals surface area contributed by atoms with Crippen molar-refractivity contribution in [2.75, 3.05) is 145 Å². The zero-order chi connectivity index (χ0) is 67.7. The van der Waals surface area contributed by atoms with E-state index in [1.54, 1.807) is 20.7 Å². The number of terminal acetylenes is 1. The molecule has 28 heteroatoms. The van der Waals surface area contributed by atoms with E-state index in [4.69, 9.17) is 60.8 Å². The highest BCUT2D eigenvalue weighted by atomic mass is 16.6. The van der Waals surface area contributed by atoms with Gasteiger partial charge in [0.25, 0.3) is 0 Å². The first kappa shape index (κ1) is 78.3. The predicted octanol–water partition coefficient (Wildman–Crippen LogP) is 3.41. The summed E-state index contributed by atoms with van der Waals surface area (Å²) in [6, 6.07) is 0. The Bertz CT molecular complexity index is 2590. The number of ether oxygens (including phenoxy) is 6. The van der Waals surface area contributed by atoms with Crippen LogP contribution in [0.3, 0.4) is 0 Å². The number of nitrogens with zero attached hydrogens (tertiary/aromatic N) is 10. The molecule has 0 unspecified atom stereocenters. The van der Waals surface area contributed by atoms with Gasteiger partial charge in [0.15, 0.2) is 0 Å². The third-order valence-electron chi connectivity index (χ3n) is 17.5. The second-order valence-corrected chi connectivity index (χ2v) is 24.1. The van der Waals surface area contributed by atoms with Crippen molar-refractivity contribution < 1.29 is 87.2 Å². The summed E-state index contributed by atoms with van der Waals surface area (Å²) in [6.07, 6.45) is 25.8. The van der Waals surface area contributed by atoms with Gasteiger partial charge in [0.05, 0.1) is 142 Å². The Morgan fingerprint density at radius 3 is 1.35 bits per heavy atom. The number of hydrogen-bond acceptors (Lipinski definition) is 21. The molecule has 2 aliphatic heterocycles. The number of Topliss-reactive ketones (excluding diaryl/α,β-unsaturated/α-hetero) is 2. The van der Waals surface area contributed by atoms with Crippen LogP contribution in [0.2, 0.25) is 0 Å². The molecule has 7 rings (SSSR count). The molecule has 6 amide bonds. The number of imide groups is 2. The van der Waals surface area contributed by atoms with Crippen LogP contribution in [0.25, 0.3) is 10.4 Å². The monoisotopic (exact) mass is 1320 g/mol. The van der Waals surface area contributed by atoms with Gasteiger partial charge >= 0.3 is 0 Å². The second-order valence-electron chi connectivity index (χ2n) is 24.1. The second kappa shape index (κ2) is 45.9. The van der Waals surface area contributed by atoms with Gasteiger partial charge in [-0.2, -0.15) is 0 Å². The van der Waals surface area contributed by atoms with Crippen molar-refractivity contribution in [1.29, 1.82) is 0 Å². The first-order valence-corrected chi connectivity index (χ1v) is 33.7. The van der Waals surface area contributed by atoms with Crippen LogP contribution < -0.4 is 0 Å². The van der Waals surface area contributed by atoms with Crippen LogP contribution in [0.4, 0.5) is 0 Å². The zero-order valence-corrected chi connectivity index (χ0v) is 54.8. The lowest BCUT2D eigenvalue weighted by molar-refractivity contribution is -0.142. The minimum Gasteiger partial charge on any atom is -0.396 e. The summed E-state index contributed by atoms with van der Waals surface area (Å²) in [5, 5.41) is 46.5. The van der Waals surface area contributed by atoms with Crippen LogP contribution in [0, 0.1) is 59.7 Å². The van der Waals surface area contributed by atoms with Crippen LogP contribution in [-0.2, 0) is 79.9 Å². The molecule has 1 aromatic rings. The lowest BCUT2D eigenvalue weighted by Crippen LogP contribution is -2.34. The van der Waals surface area contributed by atoms with Crippen molar-refractivity contribution in [2.45, 2.75) is 129 Å². The van der Waals surface area contributed by atoms with Crippen molar-refractivity contribution in [3.8, 4) is 12.3 Å². The van der Waals surface area contributed by atoms with E-state index in [0.29, 0.717) is 144 Å². The number of unbranched alkanes of at least 4 members (excludes halogenated alkanes) is 6. The fourth-order valence-corrected chi connectivity index (χ4v) is 12.8. The van der Waals surface area contributed by atoms with Crippen LogP contribution in [-0.4, -0.2) is 247 Å². The maximum atomic E-state index is 13.2. The predicted molar refractivity (Wildman–Crippen MR) is 341 cm³/mol. The number of carbonyl (C=O) groups excluding carboxylic acids is 8. The van der Waals surface area contributed by atoms with Gasteiger partial charge in [-0.1, -0.05) is 66.2 Å². The third kappa shape index (κ3) is 26.7. The Kier molecular flexibility index (Phi) is 38.3. The number of allylic oxidation sites excluding steroid dienone is 4. The molecule has 3 heterocycles. The van der Waals surface area contributed by atoms with Crippen molar-refractivity contribution in [1.82, 2.24) is 34.6 Å². The lowest BCUT2D eigenvalue weighted by Gasteiger charge is -2.22. The number of amides is 6. The summed E-state index contributed by atoms with van der Waals surface area (Å²) in [4.78, 5) is 109. The Hall–Kier alpha value is -6.35. The summed E-state index contributed by atoms with van der Waals surface area (Å²) >= 11 is 0. The van der Waals surface area contributed by atoms with Gasteiger partial charge in [-0.25, -0.2) is 4.68 Å². The molecular formula is C66H102N10O18. The normalized spacial score (nSPS) is 20.8. The highest BCUT2D eigenvalue weighted by Crippen LogP contribution is 2.53. The molecule has 6 aliphatic rings. The van der Waals surface area contributed by atoms with Crippen LogP contribution in [0.1, 0.15) is 121 Å². The summed E-state index contributed by atoms with van der Waals surface area (Å²) in [6.45, 7) is 8.30. The van der Waals surface area contributed by atoms with Crippen molar-refractivity contribution >= 4 is 47.0 Å². The van der Waals surface area contributed by atoms with E-state index < -0.39 is 0 Å². The number of aromatic nitrogens is 3. The highest BCUT2D eigenvalue weighted by Gasteiger charge is 2.60. The Balaban J connectivity index is 0.000000292. The maximum absolute atomic E-state index is 13.2. The average molecular weight is 1320 g/mol. The number of ketones is 2. The maximum Gasteiger partial charge on any atom is 0.233 e.